The Kier molecular flexibility index (Phi) is 3.84. The second-order valence-electron chi connectivity index (χ2n) is 4.63. The van der Waals surface area contributed by atoms with Crippen molar-refractivity contribution in [3.8, 4) is 5.75 Å². The second kappa shape index (κ2) is 5.38. The first-order chi connectivity index (χ1) is 8.61. The minimum Gasteiger partial charge on any atom is -0.481 e. The zero-order chi connectivity index (χ0) is 13.1. The Hall–Kier alpha value is -1.58. The van der Waals surface area contributed by atoms with Crippen LogP contribution in [-0.4, -0.2) is 30.0 Å². The monoisotopic (exact) mass is 251 g/mol. The summed E-state index contributed by atoms with van der Waals surface area (Å²) >= 11 is 0. The summed E-state index contributed by atoms with van der Waals surface area (Å²) in [6.45, 7) is 4.40. The molecule has 18 heavy (non-hydrogen) atoms. The summed E-state index contributed by atoms with van der Waals surface area (Å²) in [5, 5.41) is 0. The van der Waals surface area contributed by atoms with Gasteiger partial charge in [-0.25, -0.2) is 4.39 Å². The molecule has 1 fully saturated rings. The molecule has 1 aliphatic carbocycles. The third-order valence-corrected chi connectivity index (χ3v) is 3.09. The highest BCUT2D eigenvalue weighted by Crippen LogP contribution is 2.26. The number of halogens is 1. The van der Waals surface area contributed by atoms with Gasteiger partial charge in [0, 0.05) is 12.6 Å². The first-order valence-corrected chi connectivity index (χ1v) is 6.30. The number of benzene rings is 1. The van der Waals surface area contributed by atoms with Crippen molar-refractivity contribution in [1.82, 2.24) is 4.90 Å². The lowest BCUT2D eigenvalue weighted by Gasteiger charge is -2.20. The zero-order valence-electron chi connectivity index (χ0n) is 10.8. The van der Waals surface area contributed by atoms with Crippen LogP contribution in [0.5, 0.6) is 5.75 Å². The summed E-state index contributed by atoms with van der Waals surface area (Å²) in [4.78, 5) is 13.7. The van der Waals surface area contributed by atoms with Gasteiger partial charge < -0.3 is 9.64 Å². The summed E-state index contributed by atoms with van der Waals surface area (Å²) in [6.07, 6.45) is 2.14. The van der Waals surface area contributed by atoms with Crippen LogP contribution >= 0.6 is 0 Å². The lowest BCUT2D eigenvalue weighted by atomic mass is 10.2. The molecular formula is C14H18FNO2. The number of rotatable bonds is 5. The number of amides is 1. The van der Waals surface area contributed by atoms with Gasteiger partial charge in [-0.3, -0.25) is 4.79 Å². The van der Waals surface area contributed by atoms with Gasteiger partial charge >= 0.3 is 0 Å². The van der Waals surface area contributed by atoms with Crippen LogP contribution in [0.1, 0.15) is 25.3 Å². The van der Waals surface area contributed by atoms with Crippen LogP contribution in [0, 0.1) is 12.7 Å². The SMILES string of the molecule is CCN(C(=O)COc1cc(C)ccc1F)C1CC1. The van der Waals surface area contributed by atoms with E-state index in [4.69, 9.17) is 4.74 Å². The van der Waals surface area contributed by atoms with Crippen molar-refractivity contribution in [3.63, 3.8) is 0 Å². The summed E-state index contributed by atoms with van der Waals surface area (Å²) in [5.74, 6) is -0.348. The molecule has 0 bridgehead atoms. The van der Waals surface area contributed by atoms with E-state index in [1.54, 1.807) is 17.0 Å². The topological polar surface area (TPSA) is 29.5 Å². The molecule has 0 aliphatic heterocycles. The van der Waals surface area contributed by atoms with Crippen molar-refractivity contribution in [2.75, 3.05) is 13.2 Å². The molecule has 1 aromatic rings. The van der Waals surface area contributed by atoms with Gasteiger partial charge in [-0.2, -0.15) is 0 Å². The number of carbonyl (C=O) groups is 1. The van der Waals surface area contributed by atoms with E-state index in [-0.39, 0.29) is 18.3 Å². The molecule has 2 rings (SSSR count). The Balaban J connectivity index is 1.94. The van der Waals surface area contributed by atoms with Gasteiger partial charge in [0.25, 0.3) is 5.91 Å². The van der Waals surface area contributed by atoms with E-state index in [0.717, 1.165) is 18.4 Å². The van der Waals surface area contributed by atoms with E-state index in [0.29, 0.717) is 12.6 Å². The number of aryl methyl sites for hydroxylation is 1. The van der Waals surface area contributed by atoms with E-state index >= 15 is 0 Å². The van der Waals surface area contributed by atoms with Gasteiger partial charge in [0.05, 0.1) is 0 Å². The van der Waals surface area contributed by atoms with Crippen molar-refractivity contribution in [2.24, 2.45) is 0 Å². The number of likely N-dealkylation sites (N-methyl/N-ethyl adjacent to an activating group) is 1. The van der Waals surface area contributed by atoms with Crippen LogP contribution in [0.2, 0.25) is 0 Å². The predicted octanol–water partition coefficient (Wildman–Crippen LogP) is 2.52. The maximum Gasteiger partial charge on any atom is 0.260 e. The molecule has 1 amide bonds. The number of ether oxygens (including phenoxy) is 1. The van der Waals surface area contributed by atoms with Crippen LogP contribution < -0.4 is 4.74 Å². The van der Waals surface area contributed by atoms with Crippen molar-refractivity contribution >= 4 is 5.91 Å². The molecule has 0 aromatic heterocycles. The average molecular weight is 251 g/mol. The molecule has 4 heteroatoms. The number of nitrogens with zero attached hydrogens (tertiary/aromatic N) is 1. The van der Waals surface area contributed by atoms with Crippen molar-refractivity contribution in [2.45, 2.75) is 32.7 Å². The number of hydrogen-bond acceptors (Lipinski definition) is 2. The lowest BCUT2D eigenvalue weighted by Crippen LogP contribution is -2.36. The minimum absolute atomic E-state index is 0.0686. The molecule has 0 radical (unpaired) electrons. The fourth-order valence-electron chi connectivity index (χ4n) is 1.97. The van der Waals surface area contributed by atoms with Crippen LogP contribution in [0.25, 0.3) is 0 Å². The molecule has 0 atom stereocenters. The molecule has 1 saturated carbocycles. The van der Waals surface area contributed by atoms with Gasteiger partial charge in [0.1, 0.15) is 0 Å². The maximum absolute atomic E-state index is 13.4. The minimum atomic E-state index is -0.428. The van der Waals surface area contributed by atoms with Crippen LogP contribution in [0.15, 0.2) is 18.2 Å². The van der Waals surface area contributed by atoms with Gasteiger partial charge in [0.15, 0.2) is 18.2 Å². The summed E-state index contributed by atoms with van der Waals surface area (Å²) < 4.78 is 18.7. The molecule has 3 nitrogen and oxygen atoms in total. The first-order valence-electron chi connectivity index (χ1n) is 6.30. The van der Waals surface area contributed by atoms with E-state index in [9.17, 15) is 9.18 Å². The Labute approximate surface area is 107 Å². The normalized spacial score (nSPS) is 14.4. The van der Waals surface area contributed by atoms with Gasteiger partial charge in [-0.1, -0.05) is 6.07 Å². The van der Waals surface area contributed by atoms with Crippen LogP contribution in [0.4, 0.5) is 4.39 Å². The zero-order valence-corrected chi connectivity index (χ0v) is 10.8. The Morgan fingerprint density at radius 3 is 2.83 bits per heavy atom. The number of carbonyl (C=O) groups excluding carboxylic acids is 1. The highest BCUT2D eigenvalue weighted by atomic mass is 19.1. The van der Waals surface area contributed by atoms with Gasteiger partial charge in [0.2, 0.25) is 0 Å². The Bertz CT molecular complexity index is 443. The molecule has 0 unspecified atom stereocenters. The molecule has 0 N–H and O–H groups in total. The summed E-state index contributed by atoms with van der Waals surface area (Å²) in [5.41, 5.74) is 0.911. The fraction of sp³-hybridized carbons (Fsp3) is 0.500. The van der Waals surface area contributed by atoms with Crippen molar-refractivity contribution < 1.29 is 13.9 Å². The van der Waals surface area contributed by atoms with Gasteiger partial charge in [-0.15, -0.1) is 0 Å². The molecule has 1 aliphatic rings. The van der Waals surface area contributed by atoms with E-state index < -0.39 is 5.82 Å². The maximum atomic E-state index is 13.4. The van der Waals surface area contributed by atoms with E-state index in [2.05, 4.69) is 0 Å². The first kappa shape index (κ1) is 12.9. The van der Waals surface area contributed by atoms with E-state index in [1.807, 2.05) is 13.8 Å². The van der Waals surface area contributed by atoms with Crippen molar-refractivity contribution in [1.29, 1.82) is 0 Å². The van der Waals surface area contributed by atoms with Crippen molar-refractivity contribution in [3.05, 3.63) is 29.6 Å². The standard InChI is InChI=1S/C14H18FNO2/c1-3-16(11-5-6-11)14(17)9-18-13-8-10(2)4-7-12(13)15/h4,7-8,11H,3,5-6,9H2,1-2H3. The predicted molar refractivity (Wildman–Crippen MR) is 67.0 cm³/mol. The third kappa shape index (κ3) is 3.00. The molecule has 1 aromatic carbocycles. The second-order valence-corrected chi connectivity index (χ2v) is 4.63. The van der Waals surface area contributed by atoms with E-state index in [1.165, 1.54) is 6.07 Å². The fourth-order valence-corrected chi connectivity index (χ4v) is 1.97. The molecule has 0 saturated heterocycles. The highest BCUT2D eigenvalue weighted by molar-refractivity contribution is 5.78. The molecule has 98 valence electrons. The lowest BCUT2D eigenvalue weighted by molar-refractivity contribution is -0.133. The highest BCUT2D eigenvalue weighted by Gasteiger charge is 2.31. The Morgan fingerprint density at radius 2 is 2.22 bits per heavy atom. The summed E-state index contributed by atoms with van der Waals surface area (Å²) in [6, 6.07) is 5.00. The third-order valence-electron chi connectivity index (χ3n) is 3.09. The number of hydrogen-bond donors (Lipinski definition) is 0. The molecular weight excluding hydrogens is 233 g/mol. The van der Waals surface area contributed by atoms with Gasteiger partial charge in [-0.05, 0) is 44.4 Å². The molecule has 0 spiro atoms. The average Bonchev–Trinajstić information content (AvgIpc) is 3.16. The summed E-state index contributed by atoms with van der Waals surface area (Å²) in [7, 11) is 0. The largest absolute Gasteiger partial charge is 0.481 e. The Morgan fingerprint density at radius 1 is 1.50 bits per heavy atom. The van der Waals surface area contributed by atoms with Crippen LogP contribution in [0.3, 0.4) is 0 Å². The quantitative estimate of drug-likeness (QED) is 0.804. The van der Waals surface area contributed by atoms with Crippen LogP contribution in [-0.2, 0) is 4.79 Å². The molecule has 0 heterocycles. The smallest absolute Gasteiger partial charge is 0.260 e.